The maximum Gasteiger partial charge on any atom is 0.339 e. The van der Waals surface area contributed by atoms with Gasteiger partial charge in [0.1, 0.15) is 5.71 Å². The molecule has 0 aliphatic carbocycles. The van der Waals surface area contributed by atoms with Crippen LogP contribution in [0.1, 0.15) is 11.1 Å². The Morgan fingerprint density at radius 2 is 1.58 bits per heavy atom. The van der Waals surface area contributed by atoms with Crippen molar-refractivity contribution in [2.24, 2.45) is 5.10 Å². The van der Waals surface area contributed by atoms with Gasteiger partial charge in [-0.1, -0.05) is 60.1 Å². The molecule has 0 atom stereocenters. The Bertz CT molecular complexity index is 927. The highest BCUT2D eigenvalue weighted by atomic mass is 35.5. The van der Waals surface area contributed by atoms with Gasteiger partial charge in [0.2, 0.25) is 0 Å². The number of carbonyl (C=O) groups is 1. The normalized spacial score (nSPS) is 11.0. The lowest BCUT2D eigenvalue weighted by molar-refractivity contribution is 0.252. The Morgan fingerprint density at radius 1 is 0.923 bits per heavy atom. The van der Waals surface area contributed by atoms with Crippen LogP contribution < -0.4 is 16.5 Å². The molecule has 3 aromatic carbocycles. The van der Waals surface area contributed by atoms with Crippen LogP contribution in [0.4, 0.5) is 16.2 Å². The van der Waals surface area contributed by atoms with Gasteiger partial charge in [-0.05, 0) is 30.3 Å². The summed E-state index contributed by atoms with van der Waals surface area (Å²) in [6.07, 6.45) is 0. The van der Waals surface area contributed by atoms with Crippen LogP contribution in [-0.2, 0) is 0 Å². The third kappa shape index (κ3) is 4.40. The molecule has 0 spiro atoms. The minimum atomic E-state index is -0.453. The summed E-state index contributed by atoms with van der Waals surface area (Å²) in [6, 6.07) is 23.2. The average Bonchev–Trinajstić information content (AvgIpc) is 2.66. The number of hydrazone groups is 1. The van der Waals surface area contributed by atoms with Gasteiger partial charge in [-0.3, -0.25) is 0 Å². The lowest BCUT2D eigenvalue weighted by Gasteiger charge is -2.11. The van der Waals surface area contributed by atoms with Crippen molar-refractivity contribution >= 4 is 34.7 Å². The number of para-hydroxylation sites is 1. The van der Waals surface area contributed by atoms with Crippen LogP contribution in [-0.4, -0.2) is 11.7 Å². The Morgan fingerprint density at radius 3 is 2.27 bits per heavy atom. The number of carbonyl (C=O) groups excluding carboxylic acids is 1. The topological polar surface area (TPSA) is 79.5 Å². The Kier molecular flexibility index (Phi) is 5.51. The smallest absolute Gasteiger partial charge is 0.339 e. The quantitative estimate of drug-likeness (QED) is 0.362. The van der Waals surface area contributed by atoms with Crippen LogP contribution in [0.2, 0.25) is 5.02 Å². The lowest BCUT2D eigenvalue weighted by atomic mass is 10.0. The Labute approximate surface area is 156 Å². The molecule has 2 amide bonds. The third-order valence-electron chi connectivity index (χ3n) is 3.62. The molecule has 6 heteroatoms. The molecule has 0 bridgehead atoms. The molecule has 3 aromatic rings. The number of amides is 2. The molecule has 4 N–H and O–H groups in total. The summed E-state index contributed by atoms with van der Waals surface area (Å²) < 4.78 is 0. The van der Waals surface area contributed by atoms with E-state index < -0.39 is 6.03 Å². The summed E-state index contributed by atoms with van der Waals surface area (Å²) in [7, 11) is 0. The lowest BCUT2D eigenvalue weighted by Crippen LogP contribution is -2.26. The summed E-state index contributed by atoms with van der Waals surface area (Å²) in [5, 5.41) is 7.52. The monoisotopic (exact) mass is 364 g/mol. The van der Waals surface area contributed by atoms with Gasteiger partial charge >= 0.3 is 6.03 Å². The van der Waals surface area contributed by atoms with Crippen LogP contribution in [0.3, 0.4) is 0 Å². The van der Waals surface area contributed by atoms with E-state index in [9.17, 15) is 4.79 Å². The van der Waals surface area contributed by atoms with Crippen molar-refractivity contribution in [2.75, 3.05) is 11.1 Å². The van der Waals surface area contributed by atoms with Crippen LogP contribution in [0.25, 0.3) is 0 Å². The number of halogens is 1. The van der Waals surface area contributed by atoms with Gasteiger partial charge in [0, 0.05) is 27.5 Å². The molecule has 26 heavy (non-hydrogen) atoms. The van der Waals surface area contributed by atoms with Crippen molar-refractivity contribution in [2.45, 2.75) is 0 Å². The number of nitrogens with one attached hydrogen (secondary N) is 2. The van der Waals surface area contributed by atoms with Crippen molar-refractivity contribution in [3.8, 4) is 0 Å². The van der Waals surface area contributed by atoms with Gasteiger partial charge in [0.25, 0.3) is 0 Å². The minimum Gasteiger partial charge on any atom is -0.398 e. The van der Waals surface area contributed by atoms with Crippen molar-refractivity contribution in [1.29, 1.82) is 0 Å². The summed E-state index contributed by atoms with van der Waals surface area (Å²) in [5.74, 6) is 0. The van der Waals surface area contributed by atoms with E-state index in [1.54, 1.807) is 30.3 Å². The molecular weight excluding hydrogens is 348 g/mol. The largest absolute Gasteiger partial charge is 0.398 e. The highest BCUT2D eigenvalue weighted by Crippen LogP contribution is 2.21. The van der Waals surface area contributed by atoms with Gasteiger partial charge in [-0.25, -0.2) is 10.2 Å². The second kappa shape index (κ2) is 8.18. The van der Waals surface area contributed by atoms with Crippen LogP contribution in [0.5, 0.6) is 0 Å². The first-order chi connectivity index (χ1) is 12.6. The maximum atomic E-state index is 12.1. The molecule has 0 saturated carbocycles. The Balaban J connectivity index is 1.89. The number of rotatable bonds is 4. The number of nitrogens with zero attached hydrogens (tertiary/aromatic N) is 1. The van der Waals surface area contributed by atoms with Crippen molar-refractivity contribution in [1.82, 2.24) is 5.43 Å². The standard InChI is InChI=1S/C20H17ClN4O/c21-15-11-12-18(22)17(13-15)19(14-7-3-1-4-8-14)24-25-20(26)23-16-9-5-2-6-10-16/h1-13H,22H2,(H2,23,25,26)/b24-19+. The zero-order valence-electron chi connectivity index (χ0n) is 13.8. The highest BCUT2D eigenvalue weighted by Gasteiger charge is 2.12. The van der Waals surface area contributed by atoms with Crippen molar-refractivity contribution < 1.29 is 4.79 Å². The molecule has 5 nitrogen and oxygen atoms in total. The van der Waals surface area contributed by atoms with E-state index in [4.69, 9.17) is 17.3 Å². The first kappa shape index (κ1) is 17.5. The number of nitrogens with two attached hydrogens (primary N) is 1. The SMILES string of the molecule is Nc1ccc(Cl)cc1/C(=N/NC(=O)Nc1ccccc1)c1ccccc1. The first-order valence-electron chi connectivity index (χ1n) is 7.94. The van der Waals surface area contributed by atoms with Gasteiger partial charge < -0.3 is 11.1 Å². The number of nitrogen functional groups attached to an aromatic ring is 1. The minimum absolute atomic E-state index is 0.453. The molecule has 0 heterocycles. The summed E-state index contributed by atoms with van der Waals surface area (Å²) in [5.41, 5.74) is 11.8. The fourth-order valence-electron chi connectivity index (χ4n) is 2.40. The van der Waals surface area contributed by atoms with Crippen molar-refractivity contribution in [3.63, 3.8) is 0 Å². The van der Waals surface area contributed by atoms with E-state index in [2.05, 4.69) is 15.8 Å². The van der Waals surface area contributed by atoms with Gasteiger partial charge in [0.15, 0.2) is 0 Å². The molecule has 0 aliphatic rings. The molecule has 3 rings (SSSR count). The molecule has 0 aliphatic heterocycles. The average molecular weight is 365 g/mol. The van der Waals surface area contributed by atoms with E-state index in [0.717, 1.165) is 5.56 Å². The zero-order chi connectivity index (χ0) is 18.4. The van der Waals surface area contributed by atoms with E-state index in [1.807, 2.05) is 48.5 Å². The van der Waals surface area contributed by atoms with Gasteiger partial charge in [-0.15, -0.1) is 0 Å². The number of urea groups is 1. The fourth-order valence-corrected chi connectivity index (χ4v) is 2.57. The maximum absolute atomic E-state index is 12.1. The van der Waals surface area contributed by atoms with Crippen molar-refractivity contribution in [3.05, 3.63) is 95.0 Å². The van der Waals surface area contributed by atoms with Gasteiger partial charge in [0.05, 0.1) is 0 Å². The highest BCUT2D eigenvalue weighted by molar-refractivity contribution is 6.31. The second-order valence-electron chi connectivity index (χ2n) is 5.49. The predicted octanol–water partition coefficient (Wildman–Crippen LogP) is 4.50. The van der Waals surface area contributed by atoms with E-state index in [-0.39, 0.29) is 0 Å². The Hall–Kier alpha value is -3.31. The van der Waals surface area contributed by atoms with E-state index >= 15 is 0 Å². The number of anilines is 2. The second-order valence-corrected chi connectivity index (χ2v) is 5.93. The van der Waals surface area contributed by atoms with Crippen LogP contribution >= 0.6 is 11.6 Å². The summed E-state index contributed by atoms with van der Waals surface area (Å²) in [6.45, 7) is 0. The van der Waals surface area contributed by atoms with Crippen LogP contribution in [0.15, 0.2) is 84.0 Å². The fraction of sp³-hybridized carbons (Fsp3) is 0. The van der Waals surface area contributed by atoms with Crippen LogP contribution in [0, 0.1) is 0 Å². The molecular formula is C20H17ClN4O. The first-order valence-corrected chi connectivity index (χ1v) is 8.32. The number of hydrogen-bond donors (Lipinski definition) is 3. The predicted molar refractivity (Wildman–Crippen MR) is 107 cm³/mol. The summed E-state index contributed by atoms with van der Waals surface area (Å²) >= 11 is 6.11. The molecule has 0 radical (unpaired) electrons. The molecule has 130 valence electrons. The van der Waals surface area contributed by atoms with E-state index in [1.165, 1.54) is 0 Å². The number of benzene rings is 3. The molecule has 0 fully saturated rings. The summed E-state index contributed by atoms with van der Waals surface area (Å²) in [4.78, 5) is 12.1. The molecule has 0 aromatic heterocycles. The molecule has 0 unspecified atom stereocenters. The third-order valence-corrected chi connectivity index (χ3v) is 3.85. The molecule has 0 saturated heterocycles. The zero-order valence-corrected chi connectivity index (χ0v) is 14.6. The van der Waals surface area contributed by atoms with E-state index in [0.29, 0.717) is 27.7 Å². The van der Waals surface area contributed by atoms with Gasteiger partial charge in [-0.2, -0.15) is 5.10 Å². The number of hydrogen-bond acceptors (Lipinski definition) is 3.